The van der Waals surface area contributed by atoms with Crippen LogP contribution in [0.3, 0.4) is 0 Å². The van der Waals surface area contributed by atoms with E-state index in [1.807, 2.05) is 44.2 Å². The lowest BCUT2D eigenvalue weighted by Crippen LogP contribution is -2.13. The number of hydrogen-bond acceptors (Lipinski definition) is 3. The summed E-state index contributed by atoms with van der Waals surface area (Å²) in [7, 11) is 0. The number of nitrogens with one attached hydrogen (secondary N) is 1. The van der Waals surface area contributed by atoms with Gasteiger partial charge in [0.15, 0.2) is 0 Å². The Balaban J connectivity index is 1.67. The van der Waals surface area contributed by atoms with Crippen LogP contribution < -0.4 is 5.32 Å². The SMILES string of the molecule is Cc1cc(C=C(C#N)C(=O)Nc2ccc(C(=O)O)cc2)c(C)n1-c1cccc2ccccc12. The number of nitriles is 1. The van der Waals surface area contributed by atoms with E-state index in [-0.39, 0.29) is 11.1 Å². The molecule has 0 radical (unpaired) electrons. The van der Waals surface area contributed by atoms with Crippen LogP contribution in [0.15, 0.2) is 78.4 Å². The van der Waals surface area contributed by atoms with Gasteiger partial charge in [0, 0.05) is 22.5 Å². The molecule has 0 bridgehead atoms. The van der Waals surface area contributed by atoms with Crippen molar-refractivity contribution in [1.29, 1.82) is 5.26 Å². The quantitative estimate of drug-likeness (QED) is 0.320. The van der Waals surface area contributed by atoms with Gasteiger partial charge >= 0.3 is 5.97 Å². The number of benzene rings is 3. The number of fused-ring (bicyclic) bond motifs is 1. The van der Waals surface area contributed by atoms with Crippen LogP contribution in [-0.4, -0.2) is 21.6 Å². The molecule has 0 aliphatic carbocycles. The minimum atomic E-state index is -1.05. The molecule has 0 unspecified atom stereocenters. The molecule has 0 atom stereocenters. The van der Waals surface area contributed by atoms with Gasteiger partial charge in [0.2, 0.25) is 0 Å². The maximum atomic E-state index is 12.7. The third-order valence-electron chi connectivity index (χ3n) is 5.53. The van der Waals surface area contributed by atoms with Crippen molar-refractivity contribution in [1.82, 2.24) is 4.57 Å². The highest BCUT2D eigenvalue weighted by atomic mass is 16.4. The van der Waals surface area contributed by atoms with E-state index in [4.69, 9.17) is 5.11 Å². The van der Waals surface area contributed by atoms with Gasteiger partial charge in [-0.25, -0.2) is 4.79 Å². The Morgan fingerprint density at radius 3 is 2.39 bits per heavy atom. The molecule has 4 aromatic rings. The van der Waals surface area contributed by atoms with E-state index < -0.39 is 11.9 Å². The summed E-state index contributed by atoms with van der Waals surface area (Å²) in [5.74, 6) is -1.61. The maximum Gasteiger partial charge on any atom is 0.335 e. The smallest absolute Gasteiger partial charge is 0.335 e. The van der Waals surface area contributed by atoms with Gasteiger partial charge in [-0.15, -0.1) is 0 Å². The van der Waals surface area contributed by atoms with Crippen LogP contribution in [0, 0.1) is 25.2 Å². The first kappa shape index (κ1) is 21.6. The number of aromatic carboxylic acids is 1. The highest BCUT2D eigenvalue weighted by Gasteiger charge is 2.15. The van der Waals surface area contributed by atoms with Gasteiger partial charge in [0.05, 0.1) is 11.3 Å². The van der Waals surface area contributed by atoms with E-state index in [1.165, 1.54) is 24.3 Å². The zero-order valence-corrected chi connectivity index (χ0v) is 18.2. The minimum absolute atomic E-state index is 0.0459. The topological polar surface area (TPSA) is 95.1 Å². The Labute approximate surface area is 191 Å². The molecule has 0 fully saturated rings. The normalized spacial score (nSPS) is 11.2. The molecule has 6 heteroatoms. The van der Waals surface area contributed by atoms with Crippen LogP contribution in [0.5, 0.6) is 0 Å². The third-order valence-corrected chi connectivity index (χ3v) is 5.53. The summed E-state index contributed by atoms with van der Waals surface area (Å²) in [4.78, 5) is 23.7. The average molecular weight is 435 g/mol. The van der Waals surface area contributed by atoms with Gasteiger partial charge < -0.3 is 15.0 Å². The zero-order chi connectivity index (χ0) is 23.5. The first-order valence-corrected chi connectivity index (χ1v) is 10.3. The number of nitrogens with zero attached hydrogens (tertiary/aromatic N) is 2. The van der Waals surface area contributed by atoms with Crippen LogP contribution in [0.1, 0.15) is 27.3 Å². The van der Waals surface area contributed by atoms with Crippen LogP contribution in [-0.2, 0) is 4.79 Å². The highest BCUT2D eigenvalue weighted by Crippen LogP contribution is 2.28. The van der Waals surface area contributed by atoms with Crippen LogP contribution in [0.2, 0.25) is 0 Å². The highest BCUT2D eigenvalue weighted by molar-refractivity contribution is 6.10. The van der Waals surface area contributed by atoms with E-state index in [0.29, 0.717) is 5.69 Å². The molecule has 1 aromatic heterocycles. The lowest BCUT2D eigenvalue weighted by atomic mass is 10.1. The summed E-state index contributed by atoms with van der Waals surface area (Å²) in [5.41, 5.74) is 4.18. The lowest BCUT2D eigenvalue weighted by molar-refractivity contribution is -0.112. The van der Waals surface area contributed by atoms with E-state index in [0.717, 1.165) is 33.4 Å². The van der Waals surface area contributed by atoms with E-state index in [9.17, 15) is 14.9 Å². The first-order valence-electron chi connectivity index (χ1n) is 10.3. The molecule has 33 heavy (non-hydrogen) atoms. The fourth-order valence-electron chi connectivity index (χ4n) is 3.91. The molecule has 0 saturated heterocycles. The number of amides is 1. The molecule has 0 spiro atoms. The molecule has 162 valence electrons. The summed E-state index contributed by atoms with van der Waals surface area (Å²) in [6, 6.07) is 24.0. The summed E-state index contributed by atoms with van der Waals surface area (Å²) in [6.07, 6.45) is 1.57. The number of carbonyl (C=O) groups excluding carboxylic acids is 1. The summed E-state index contributed by atoms with van der Waals surface area (Å²) in [6.45, 7) is 3.94. The fourth-order valence-corrected chi connectivity index (χ4v) is 3.91. The number of carboxylic acids is 1. The van der Waals surface area contributed by atoms with Gasteiger partial charge in [-0.3, -0.25) is 4.79 Å². The molecule has 1 amide bonds. The Hall–Kier alpha value is -4.63. The number of hydrogen-bond donors (Lipinski definition) is 2. The zero-order valence-electron chi connectivity index (χ0n) is 18.2. The van der Waals surface area contributed by atoms with Crippen molar-refractivity contribution in [3.63, 3.8) is 0 Å². The van der Waals surface area contributed by atoms with Crippen molar-refractivity contribution in [2.75, 3.05) is 5.32 Å². The number of carbonyl (C=O) groups is 2. The second-order valence-electron chi connectivity index (χ2n) is 7.67. The van der Waals surface area contributed by atoms with Crippen molar-refractivity contribution in [2.24, 2.45) is 0 Å². The molecule has 6 nitrogen and oxygen atoms in total. The maximum absolute atomic E-state index is 12.7. The molecule has 0 saturated carbocycles. The predicted octanol–water partition coefficient (Wildman–Crippen LogP) is 5.49. The molecular weight excluding hydrogens is 414 g/mol. The Bertz CT molecular complexity index is 1450. The van der Waals surface area contributed by atoms with Gasteiger partial charge in [0.25, 0.3) is 5.91 Å². The second kappa shape index (κ2) is 8.85. The Morgan fingerprint density at radius 1 is 1.00 bits per heavy atom. The standard InChI is InChI=1S/C27H21N3O3/c1-17-14-21(18(2)30(17)25-9-5-7-19-6-3-4-8-24(19)25)15-22(16-28)26(31)29-23-12-10-20(11-13-23)27(32)33/h3-15H,1-2H3,(H,29,31)(H,32,33). The van der Waals surface area contributed by atoms with Crippen LogP contribution in [0.4, 0.5) is 5.69 Å². The number of carboxylic acid groups (broad SMARTS) is 1. The molecule has 3 aromatic carbocycles. The van der Waals surface area contributed by atoms with Crippen molar-refractivity contribution >= 4 is 34.4 Å². The molecule has 0 aliphatic rings. The van der Waals surface area contributed by atoms with Gasteiger partial charge in [-0.05, 0) is 67.3 Å². The van der Waals surface area contributed by atoms with E-state index >= 15 is 0 Å². The number of anilines is 1. The van der Waals surface area contributed by atoms with Gasteiger partial charge in [-0.1, -0.05) is 36.4 Å². The molecule has 4 rings (SSSR count). The van der Waals surface area contributed by atoms with Crippen molar-refractivity contribution in [3.05, 3.63) is 101 Å². The number of aromatic nitrogens is 1. The van der Waals surface area contributed by atoms with Crippen molar-refractivity contribution in [2.45, 2.75) is 13.8 Å². The van der Waals surface area contributed by atoms with Crippen molar-refractivity contribution < 1.29 is 14.7 Å². The lowest BCUT2D eigenvalue weighted by Gasteiger charge is -2.13. The van der Waals surface area contributed by atoms with Gasteiger partial charge in [-0.2, -0.15) is 5.26 Å². The molecule has 1 heterocycles. The van der Waals surface area contributed by atoms with Crippen LogP contribution >= 0.6 is 0 Å². The largest absolute Gasteiger partial charge is 0.478 e. The third kappa shape index (κ3) is 4.25. The Morgan fingerprint density at radius 2 is 1.70 bits per heavy atom. The predicted molar refractivity (Wildman–Crippen MR) is 128 cm³/mol. The second-order valence-corrected chi connectivity index (χ2v) is 7.67. The first-order chi connectivity index (χ1) is 15.9. The van der Waals surface area contributed by atoms with E-state index in [2.05, 4.69) is 34.1 Å². The van der Waals surface area contributed by atoms with E-state index in [1.54, 1.807) is 6.08 Å². The molecule has 2 N–H and O–H groups in total. The number of aryl methyl sites for hydroxylation is 1. The van der Waals surface area contributed by atoms with Crippen molar-refractivity contribution in [3.8, 4) is 11.8 Å². The van der Waals surface area contributed by atoms with Crippen LogP contribution in [0.25, 0.3) is 22.5 Å². The summed E-state index contributed by atoms with van der Waals surface area (Å²) in [5, 5.41) is 23.5. The summed E-state index contributed by atoms with van der Waals surface area (Å²) < 4.78 is 2.12. The number of rotatable bonds is 5. The minimum Gasteiger partial charge on any atom is -0.478 e. The monoisotopic (exact) mass is 435 g/mol. The average Bonchev–Trinajstić information content (AvgIpc) is 3.09. The fraction of sp³-hybridized carbons (Fsp3) is 0.0741. The summed E-state index contributed by atoms with van der Waals surface area (Å²) >= 11 is 0. The Kier molecular flexibility index (Phi) is 5.79. The molecular formula is C27H21N3O3. The molecule has 0 aliphatic heterocycles. The van der Waals surface area contributed by atoms with Gasteiger partial charge in [0.1, 0.15) is 11.6 Å².